The van der Waals surface area contributed by atoms with E-state index in [1.165, 1.54) is 0 Å². The first-order valence-electron chi connectivity index (χ1n) is 14.9. The van der Waals surface area contributed by atoms with Crippen LogP contribution in [0.4, 0.5) is 0 Å². The van der Waals surface area contributed by atoms with Crippen molar-refractivity contribution in [1.82, 2.24) is 14.5 Å². The normalized spacial score (nSPS) is 11.5. The average Bonchev–Trinajstić information content (AvgIpc) is 3.47. The maximum atomic E-state index is 6.64. The summed E-state index contributed by atoms with van der Waals surface area (Å²) in [6.07, 6.45) is 1.82. The lowest BCUT2D eigenvalue weighted by atomic mass is 9.60. The lowest BCUT2D eigenvalue weighted by molar-refractivity contribution is 1.13. The Labute approximate surface area is 273 Å². The number of pyridine rings is 1. The van der Waals surface area contributed by atoms with Crippen LogP contribution in [0.15, 0.2) is 121 Å². The second-order valence-electron chi connectivity index (χ2n) is 11.3. The van der Waals surface area contributed by atoms with Crippen LogP contribution in [0, 0.1) is 0 Å². The smallest absolute Gasteiger partial charge is 0.144 e. The van der Waals surface area contributed by atoms with Gasteiger partial charge in [-0.1, -0.05) is 95.9 Å². The highest BCUT2D eigenvalue weighted by Gasteiger charge is 2.24. The third-order valence-electron chi connectivity index (χ3n) is 8.72. The molecule has 0 bridgehead atoms. The monoisotopic (exact) mass is 573 g/mol. The first-order chi connectivity index (χ1) is 22.4. The first-order valence-corrected chi connectivity index (χ1v) is 14.9. The maximum Gasteiger partial charge on any atom is 0.144 e. The van der Waals surface area contributed by atoms with Crippen LogP contribution in [0.5, 0.6) is 0 Å². The molecule has 0 fully saturated rings. The van der Waals surface area contributed by atoms with E-state index in [2.05, 4.69) is 82.3 Å². The zero-order valence-electron chi connectivity index (χ0n) is 24.8. The lowest BCUT2D eigenvalue weighted by Gasteiger charge is -2.23. The van der Waals surface area contributed by atoms with Crippen LogP contribution in [-0.2, 0) is 0 Å². The van der Waals surface area contributed by atoms with Gasteiger partial charge in [0.15, 0.2) is 0 Å². The fraction of sp³-hybridized carbons (Fsp3) is 0. The van der Waals surface area contributed by atoms with Gasteiger partial charge in [0.25, 0.3) is 0 Å². The molecule has 0 spiro atoms. The molecule has 0 saturated carbocycles. The number of para-hydroxylation sites is 2. The molecule has 0 unspecified atom stereocenters. The summed E-state index contributed by atoms with van der Waals surface area (Å²) in [4.78, 5) is 9.68. The summed E-state index contributed by atoms with van der Waals surface area (Å²) in [5.74, 6) is 0.523. The van der Waals surface area contributed by atoms with Crippen molar-refractivity contribution in [2.75, 3.05) is 0 Å². The molecule has 8 rings (SSSR count). The van der Waals surface area contributed by atoms with Crippen molar-refractivity contribution < 1.29 is 0 Å². The summed E-state index contributed by atoms with van der Waals surface area (Å²) in [6, 6.07) is 39.3. The Morgan fingerprint density at radius 1 is 0.478 bits per heavy atom. The van der Waals surface area contributed by atoms with Crippen LogP contribution >= 0.6 is 0 Å². The molecule has 0 amide bonds. The number of rotatable bonds is 4. The molecular weight excluding hydrogens is 552 g/mol. The van der Waals surface area contributed by atoms with E-state index in [-0.39, 0.29) is 27.3 Å². The quantitative estimate of drug-likeness (QED) is 0.238. The van der Waals surface area contributed by atoms with E-state index in [0.29, 0.717) is 11.4 Å². The largest absolute Gasteiger partial charge is 0.291 e. The molecule has 0 N–H and O–H groups in total. The second kappa shape index (κ2) is 11.0. The van der Waals surface area contributed by atoms with Crippen LogP contribution in [0.3, 0.4) is 0 Å². The number of nitrogens with zero attached hydrogens (tertiary/aromatic N) is 3. The highest BCUT2D eigenvalue weighted by molar-refractivity contribution is 6.68. The minimum absolute atomic E-state index is 0.162. The van der Waals surface area contributed by atoms with Crippen LogP contribution in [0.2, 0.25) is 0 Å². The summed E-state index contributed by atoms with van der Waals surface area (Å²) < 4.78 is 2.12. The number of hydrogen-bond acceptors (Lipinski definition) is 2. The topological polar surface area (TPSA) is 30.7 Å². The Morgan fingerprint density at radius 3 is 1.70 bits per heavy atom. The summed E-state index contributed by atoms with van der Waals surface area (Å²) in [5.41, 5.74) is 8.19. The summed E-state index contributed by atoms with van der Waals surface area (Å²) in [6.45, 7) is 0. The number of hydrogen-bond donors (Lipinski definition) is 0. The van der Waals surface area contributed by atoms with Gasteiger partial charge in [0, 0.05) is 28.1 Å². The molecule has 8 aromatic rings. The molecule has 8 heteroatoms. The molecule has 0 aliphatic heterocycles. The Bertz CT molecular complexity index is 2400. The summed E-state index contributed by atoms with van der Waals surface area (Å²) in [5, 5.41) is 4.21. The minimum atomic E-state index is 0.162. The van der Waals surface area contributed by atoms with E-state index in [9.17, 15) is 0 Å². The third kappa shape index (κ3) is 4.28. The number of aromatic nitrogens is 3. The van der Waals surface area contributed by atoms with Gasteiger partial charge in [0.1, 0.15) is 45.1 Å². The first kappa shape index (κ1) is 28.3. The van der Waals surface area contributed by atoms with Crippen molar-refractivity contribution in [3.05, 3.63) is 121 Å². The van der Waals surface area contributed by atoms with E-state index in [1.54, 1.807) is 0 Å². The van der Waals surface area contributed by atoms with Gasteiger partial charge in [-0.05, 0) is 52.2 Å². The molecule has 2 heterocycles. The van der Waals surface area contributed by atoms with E-state index in [1.807, 2.05) is 48.7 Å². The van der Waals surface area contributed by atoms with Crippen LogP contribution in [0.25, 0.3) is 72.0 Å². The lowest BCUT2D eigenvalue weighted by Crippen LogP contribution is -2.55. The van der Waals surface area contributed by atoms with Crippen molar-refractivity contribution in [1.29, 1.82) is 0 Å². The van der Waals surface area contributed by atoms with E-state index < -0.39 is 0 Å². The fourth-order valence-corrected chi connectivity index (χ4v) is 6.54. The molecule has 0 aliphatic carbocycles. The van der Waals surface area contributed by atoms with Gasteiger partial charge in [-0.25, -0.2) is 4.98 Å². The Hall–Kier alpha value is -5.22. The number of imidazole rings is 1. The predicted molar refractivity (Wildman–Crippen MR) is 197 cm³/mol. The Morgan fingerprint density at radius 2 is 1.04 bits per heavy atom. The van der Waals surface area contributed by atoms with Crippen LogP contribution in [0.1, 0.15) is 0 Å². The average molecular weight is 573 g/mol. The predicted octanol–water partition coefficient (Wildman–Crippen LogP) is 3.70. The highest BCUT2D eigenvalue weighted by Crippen LogP contribution is 2.43. The third-order valence-corrected chi connectivity index (χ3v) is 8.72. The Kier molecular flexibility index (Phi) is 6.76. The summed E-state index contributed by atoms with van der Waals surface area (Å²) in [7, 11) is 32.2. The van der Waals surface area contributed by atoms with Crippen molar-refractivity contribution in [3.8, 4) is 39.5 Å². The van der Waals surface area contributed by atoms with Gasteiger partial charge in [-0.2, -0.15) is 0 Å². The standard InChI is InChI=1S/C38H20B5N3/c39-32-31(33(40)35(42)36(43)34(32)41)38-45-28-17-5-6-18-29(28)46(38)37-25-14-3-1-12-23(25)30(24-13-2-4-15-26(24)37)22-11-9-10-21(20-22)27-16-7-8-19-44-27/h1-20H. The molecule has 46 heavy (non-hydrogen) atoms. The number of benzene rings is 6. The van der Waals surface area contributed by atoms with Gasteiger partial charge < -0.3 is 0 Å². The molecule has 0 atom stereocenters. The number of fused-ring (bicyclic) bond motifs is 3. The second-order valence-corrected chi connectivity index (χ2v) is 11.3. The molecule has 0 aliphatic rings. The molecule has 3 nitrogen and oxygen atoms in total. The maximum absolute atomic E-state index is 6.64. The SMILES string of the molecule is [B]c1c([B])c([B])c(-c2nc3ccccc3n2-c2c3ccccc3c(-c3cccc(-c4ccccn4)c3)c3ccccc23)c([B])c1[B]. The zero-order valence-corrected chi connectivity index (χ0v) is 24.8. The molecule has 2 aromatic heterocycles. The molecule has 0 saturated heterocycles. The summed E-state index contributed by atoms with van der Waals surface area (Å²) >= 11 is 0. The van der Waals surface area contributed by atoms with E-state index >= 15 is 0 Å². The van der Waals surface area contributed by atoms with Gasteiger partial charge in [-0.15, -0.1) is 16.4 Å². The van der Waals surface area contributed by atoms with Crippen molar-refractivity contribution in [2.45, 2.75) is 0 Å². The van der Waals surface area contributed by atoms with Crippen molar-refractivity contribution in [3.63, 3.8) is 0 Å². The molecule has 10 radical (unpaired) electrons. The van der Waals surface area contributed by atoms with Crippen molar-refractivity contribution in [2.24, 2.45) is 0 Å². The fourth-order valence-electron chi connectivity index (χ4n) is 6.54. The van der Waals surface area contributed by atoms with E-state index in [4.69, 9.17) is 44.2 Å². The van der Waals surface area contributed by atoms with Gasteiger partial charge in [0.2, 0.25) is 0 Å². The minimum Gasteiger partial charge on any atom is -0.291 e. The van der Waals surface area contributed by atoms with Crippen LogP contribution in [-0.4, -0.2) is 53.8 Å². The molecule has 6 aromatic carbocycles. The zero-order chi connectivity index (χ0) is 31.5. The van der Waals surface area contributed by atoms with Crippen LogP contribution < -0.4 is 27.3 Å². The molecular formula is C38H20B5N3. The van der Waals surface area contributed by atoms with E-state index in [0.717, 1.165) is 60.6 Å². The Balaban J connectivity index is 1.51. The van der Waals surface area contributed by atoms with Crippen molar-refractivity contribution >= 4 is 99.1 Å². The molecule has 202 valence electrons. The van der Waals surface area contributed by atoms with Gasteiger partial charge in [0.05, 0.1) is 22.4 Å². The highest BCUT2D eigenvalue weighted by atomic mass is 15.1. The van der Waals surface area contributed by atoms with Gasteiger partial charge in [-0.3, -0.25) is 9.55 Å². The van der Waals surface area contributed by atoms with Gasteiger partial charge >= 0.3 is 0 Å².